The number of rotatable bonds is 4. The topological polar surface area (TPSA) is 108 Å². The van der Waals surface area contributed by atoms with E-state index in [1.165, 1.54) is 30.3 Å². The molecule has 3 rings (SSSR count). The van der Waals surface area contributed by atoms with E-state index >= 15 is 0 Å². The van der Waals surface area contributed by atoms with Crippen LogP contribution in [0, 0.1) is 15.9 Å². The number of hydrogen-bond donors (Lipinski definition) is 3. The Balaban J connectivity index is 2.14. The number of non-ortho nitro benzene ring substituents is 1. The lowest BCUT2D eigenvalue weighted by molar-refractivity contribution is -0.384. The van der Waals surface area contributed by atoms with Crippen LogP contribution in [0.25, 0.3) is 10.9 Å². The molecule has 0 atom stereocenters. The summed E-state index contributed by atoms with van der Waals surface area (Å²) in [5.74, 6) is -1.79. The molecule has 0 saturated carbocycles. The van der Waals surface area contributed by atoms with E-state index in [0.29, 0.717) is 16.8 Å². The van der Waals surface area contributed by atoms with Crippen LogP contribution in [0.1, 0.15) is 10.5 Å². The van der Waals surface area contributed by atoms with E-state index in [0.717, 1.165) is 6.07 Å². The van der Waals surface area contributed by atoms with Gasteiger partial charge in [0, 0.05) is 23.2 Å². The maximum Gasteiger partial charge on any atom is 0.352 e. The molecule has 0 saturated heterocycles. The van der Waals surface area contributed by atoms with Crippen molar-refractivity contribution in [3.05, 3.63) is 63.0 Å². The molecule has 0 unspecified atom stereocenters. The summed E-state index contributed by atoms with van der Waals surface area (Å²) in [5, 5.41) is 23.4. The second kappa shape index (κ2) is 5.82. The van der Waals surface area contributed by atoms with Crippen molar-refractivity contribution >= 4 is 45.5 Å². The van der Waals surface area contributed by atoms with Crippen LogP contribution < -0.4 is 5.32 Å². The van der Waals surface area contributed by atoms with E-state index in [9.17, 15) is 19.3 Å². The van der Waals surface area contributed by atoms with Crippen molar-refractivity contribution in [2.24, 2.45) is 0 Å². The molecule has 3 N–H and O–H groups in total. The van der Waals surface area contributed by atoms with Gasteiger partial charge in [-0.1, -0.05) is 11.6 Å². The van der Waals surface area contributed by atoms with E-state index in [1.54, 1.807) is 0 Å². The van der Waals surface area contributed by atoms with Crippen LogP contribution in [0.4, 0.5) is 21.5 Å². The predicted molar refractivity (Wildman–Crippen MR) is 86.6 cm³/mol. The van der Waals surface area contributed by atoms with Crippen molar-refractivity contribution in [2.45, 2.75) is 0 Å². The van der Waals surface area contributed by atoms with Gasteiger partial charge in [-0.25, -0.2) is 9.18 Å². The maximum atomic E-state index is 13.2. The molecule has 0 spiro atoms. The van der Waals surface area contributed by atoms with Gasteiger partial charge in [-0.15, -0.1) is 0 Å². The molecule has 3 aromatic rings. The van der Waals surface area contributed by atoms with Crippen molar-refractivity contribution in [1.82, 2.24) is 4.98 Å². The first-order valence-corrected chi connectivity index (χ1v) is 6.99. The van der Waals surface area contributed by atoms with Crippen molar-refractivity contribution in [2.75, 3.05) is 5.32 Å². The maximum absolute atomic E-state index is 13.2. The number of aromatic carboxylic acids is 1. The fraction of sp³-hybridized carbons (Fsp3) is 0. The molecule has 0 amide bonds. The van der Waals surface area contributed by atoms with E-state index in [4.69, 9.17) is 16.7 Å². The summed E-state index contributed by atoms with van der Waals surface area (Å²) in [6, 6.07) is 7.75. The molecule has 0 radical (unpaired) electrons. The molecule has 1 heterocycles. The molecule has 2 aromatic carbocycles. The molecular weight excluding hydrogens is 341 g/mol. The zero-order chi connectivity index (χ0) is 17.4. The summed E-state index contributed by atoms with van der Waals surface area (Å²) in [7, 11) is 0. The normalized spacial score (nSPS) is 10.8. The zero-order valence-corrected chi connectivity index (χ0v) is 12.6. The fourth-order valence-electron chi connectivity index (χ4n) is 2.28. The van der Waals surface area contributed by atoms with Gasteiger partial charge >= 0.3 is 5.97 Å². The van der Waals surface area contributed by atoms with Gasteiger partial charge in [-0.3, -0.25) is 10.1 Å². The molecule has 0 bridgehead atoms. The Bertz CT molecular complexity index is 986. The van der Waals surface area contributed by atoms with Gasteiger partial charge in [0.25, 0.3) is 5.69 Å². The van der Waals surface area contributed by atoms with Gasteiger partial charge in [-0.05, 0) is 24.3 Å². The minimum absolute atomic E-state index is 0.106. The first-order chi connectivity index (χ1) is 11.3. The Hall–Kier alpha value is -3.13. The molecule has 0 aliphatic carbocycles. The number of anilines is 2. The number of H-pyrrole nitrogens is 1. The highest BCUT2D eigenvalue weighted by Gasteiger charge is 2.16. The molecular formula is C15H9ClFN3O4. The van der Waals surface area contributed by atoms with Crippen molar-refractivity contribution in [1.29, 1.82) is 0 Å². The van der Waals surface area contributed by atoms with E-state index in [1.807, 2.05) is 0 Å². The number of fused-ring (bicyclic) bond motifs is 1. The van der Waals surface area contributed by atoms with Crippen LogP contribution in [0.15, 0.2) is 36.4 Å². The molecule has 24 heavy (non-hydrogen) atoms. The third-order valence-corrected chi connectivity index (χ3v) is 3.65. The quantitative estimate of drug-likeness (QED) is 0.480. The number of carbonyl (C=O) groups is 1. The zero-order valence-electron chi connectivity index (χ0n) is 11.8. The summed E-state index contributed by atoms with van der Waals surface area (Å²) >= 11 is 5.72. The number of hydrogen-bond acceptors (Lipinski definition) is 4. The minimum Gasteiger partial charge on any atom is -0.477 e. The van der Waals surface area contributed by atoms with Crippen LogP contribution in [0.3, 0.4) is 0 Å². The smallest absolute Gasteiger partial charge is 0.352 e. The van der Waals surface area contributed by atoms with Gasteiger partial charge in [0.05, 0.1) is 21.2 Å². The summed E-state index contributed by atoms with van der Waals surface area (Å²) < 4.78 is 13.2. The van der Waals surface area contributed by atoms with Gasteiger partial charge in [0.1, 0.15) is 11.5 Å². The molecule has 122 valence electrons. The molecule has 7 nitrogen and oxygen atoms in total. The Morgan fingerprint density at radius 2 is 2.04 bits per heavy atom. The van der Waals surface area contributed by atoms with Crippen LogP contribution >= 0.6 is 11.6 Å². The van der Waals surface area contributed by atoms with Crippen LogP contribution in [-0.4, -0.2) is 21.0 Å². The largest absolute Gasteiger partial charge is 0.477 e. The van der Waals surface area contributed by atoms with E-state index in [-0.39, 0.29) is 21.9 Å². The summed E-state index contributed by atoms with van der Waals surface area (Å²) in [4.78, 5) is 24.2. The van der Waals surface area contributed by atoms with Gasteiger partial charge < -0.3 is 15.4 Å². The molecule has 0 fully saturated rings. The Morgan fingerprint density at radius 1 is 1.29 bits per heavy atom. The number of carboxylic acid groups (broad SMARTS) is 1. The first-order valence-electron chi connectivity index (χ1n) is 6.61. The van der Waals surface area contributed by atoms with Gasteiger partial charge in [0.2, 0.25) is 0 Å². The van der Waals surface area contributed by atoms with Crippen molar-refractivity contribution in [3.8, 4) is 0 Å². The lowest BCUT2D eigenvalue weighted by atomic mass is 10.1. The van der Waals surface area contributed by atoms with E-state index < -0.39 is 16.7 Å². The number of halogens is 2. The average Bonchev–Trinajstić information content (AvgIpc) is 2.95. The Labute approximate surface area is 138 Å². The van der Waals surface area contributed by atoms with Gasteiger partial charge in [0.15, 0.2) is 0 Å². The monoisotopic (exact) mass is 349 g/mol. The van der Waals surface area contributed by atoms with Gasteiger partial charge in [-0.2, -0.15) is 0 Å². The highest BCUT2D eigenvalue weighted by atomic mass is 35.5. The number of aromatic nitrogens is 1. The SMILES string of the molecule is O=C(O)c1cc2c(Nc3ccc(F)c(Cl)c3)cc([N+](=O)[O-])cc2[nH]1. The first kappa shape index (κ1) is 15.8. The molecule has 0 aliphatic rings. The number of nitro groups is 1. The minimum atomic E-state index is -1.19. The van der Waals surface area contributed by atoms with E-state index in [2.05, 4.69) is 10.3 Å². The number of nitrogens with zero attached hydrogens (tertiary/aromatic N) is 1. The average molecular weight is 350 g/mol. The Morgan fingerprint density at radius 3 is 2.67 bits per heavy atom. The Kier molecular flexibility index (Phi) is 3.82. The lowest BCUT2D eigenvalue weighted by Gasteiger charge is -2.08. The summed E-state index contributed by atoms with van der Waals surface area (Å²) in [6.45, 7) is 0. The van der Waals surface area contributed by atoms with Crippen molar-refractivity contribution in [3.63, 3.8) is 0 Å². The van der Waals surface area contributed by atoms with Crippen LogP contribution in [0.5, 0.6) is 0 Å². The second-order valence-corrected chi connectivity index (χ2v) is 5.36. The second-order valence-electron chi connectivity index (χ2n) is 4.95. The fourth-order valence-corrected chi connectivity index (χ4v) is 2.46. The lowest BCUT2D eigenvalue weighted by Crippen LogP contribution is -1.95. The predicted octanol–water partition coefficient (Wildman–Crippen LogP) is 4.31. The van der Waals surface area contributed by atoms with Crippen molar-refractivity contribution < 1.29 is 19.2 Å². The third kappa shape index (κ3) is 2.86. The number of aromatic amines is 1. The number of nitrogens with one attached hydrogen (secondary N) is 2. The number of nitro benzene ring substituents is 1. The third-order valence-electron chi connectivity index (χ3n) is 3.36. The molecule has 0 aliphatic heterocycles. The summed E-state index contributed by atoms with van der Waals surface area (Å²) in [5.41, 5.74) is 0.659. The number of carboxylic acids is 1. The highest BCUT2D eigenvalue weighted by molar-refractivity contribution is 6.31. The molecule has 1 aromatic heterocycles. The molecule has 9 heteroatoms. The van der Waals surface area contributed by atoms with Crippen LogP contribution in [0.2, 0.25) is 5.02 Å². The summed E-state index contributed by atoms with van der Waals surface area (Å²) in [6.07, 6.45) is 0. The highest BCUT2D eigenvalue weighted by Crippen LogP contribution is 2.33. The van der Waals surface area contributed by atoms with Crippen LogP contribution in [-0.2, 0) is 0 Å². The standard InChI is InChI=1S/C15H9ClFN3O4/c16-10-3-7(1-2-11(10)17)18-12-4-8(20(23)24)5-13-9(12)6-14(19-13)15(21)22/h1-6,18-19H,(H,21,22). The number of benzene rings is 2.